The van der Waals surface area contributed by atoms with Crippen molar-refractivity contribution in [2.24, 2.45) is 0 Å². The van der Waals surface area contributed by atoms with Crippen LogP contribution in [-0.2, 0) is 0 Å². The second-order valence-corrected chi connectivity index (χ2v) is 9.22. The van der Waals surface area contributed by atoms with E-state index >= 15 is 0 Å². The summed E-state index contributed by atoms with van der Waals surface area (Å²) in [5, 5.41) is 0. The Balaban J connectivity index is 1.50. The van der Waals surface area contributed by atoms with E-state index in [0.29, 0.717) is 0 Å². The SMILES string of the molecule is Cc1ccc(-c2nc(-c3cccc(-c4ccccc4)c3)cc(-c3cccc(-c4ccccc4)c3)n2)cc1. The van der Waals surface area contributed by atoms with Gasteiger partial charge in [0.25, 0.3) is 0 Å². The number of rotatable bonds is 5. The first-order valence-corrected chi connectivity index (χ1v) is 12.5. The van der Waals surface area contributed by atoms with Crippen LogP contribution in [0.1, 0.15) is 5.56 Å². The van der Waals surface area contributed by atoms with Gasteiger partial charge in [0.2, 0.25) is 0 Å². The standard InChI is InChI=1S/C35H26N2/c1-25-18-20-28(21-19-25)35-36-33(31-16-8-14-29(22-31)26-10-4-2-5-11-26)24-34(37-35)32-17-9-15-30(23-32)27-12-6-3-7-13-27/h2-24H,1H3. The van der Waals surface area contributed by atoms with Crippen LogP contribution in [0.25, 0.3) is 56.2 Å². The minimum Gasteiger partial charge on any atom is -0.228 e. The fourth-order valence-corrected chi connectivity index (χ4v) is 4.55. The normalized spacial score (nSPS) is 10.8. The van der Waals surface area contributed by atoms with Crippen molar-refractivity contribution >= 4 is 0 Å². The van der Waals surface area contributed by atoms with E-state index in [-0.39, 0.29) is 0 Å². The number of hydrogen-bond donors (Lipinski definition) is 0. The second kappa shape index (κ2) is 10.0. The lowest BCUT2D eigenvalue weighted by Gasteiger charge is -2.12. The maximum Gasteiger partial charge on any atom is 0.160 e. The molecule has 6 aromatic rings. The molecule has 0 aliphatic heterocycles. The zero-order valence-electron chi connectivity index (χ0n) is 20.7. The van der Waals surface area contributed by atoms with Gasteiger partial charge in [-0.3, -0.25) is 0 Å². The van der Waals surface area contributed by atoms with E-state index in [1.54, 1.807) is 0 Å². The monoisotopic (exact) mass is 474 g/mol. The molecule has 0 unspecified atom stereocenters. The van der Waals surface area contributed by atoms with Crippen molar-refractivity contribution in [3.63, 3.8) is 0 Å². The van der Waals surface area contributed by atoms with Gasteiger partial charge in [0.1, 0.15) is 0 Å². The highest BCUT2D eigenvalue weighted by Gasteiger charge is 2.12. The highest BCUT2D eigenvalue weighted by Crippen LogP contribution is 2.32. The molecule has 0 amide bonds. The lowest BCUT2D eigenvalue weighted by molar-refractivity contribution is 1.18. The number of aromatic nitrogens is 2. The van der Waals surface area contributed by atoms with Gasteiger partial charge in [-0.25, -0.2) is 9.97 Å². The summed E-state index contributed by atoms with van der Waals surface area (Å²) in [5.41, 5.74) is 10.9. The molecule has 2 nitrogen and oxygen atoms in total. The van der Waals surface area contributed by atoms with Crippen molar-refractivity contribution in [3.05, 3.63) is 145 Å². The summed E-state index contributed by atoms with van der Waals surface area (Å²) in [5.74, 6) is 0.725. The molecule has 0 aliphatic carbocycles. The Morgan fingerprint density at radius 3 is 1.27 bits per heavy atom. The van der Waals surface area contributed by atoms with Crippen LogP contribution in [0.2, 0.25) is 0 Å². The largest absolute Gasteiger partial charge is 0.228 e. The lowest BCUT2D eigenvalue weighted by Crippen LogP contribution is -1.96. The quantitative estimate of drug-likeness (QED) is 0.249. The van der Waals surface area contributed by atoms with Gasteiger partial charge in [0, 0.05) is 16.7 Å². The van der Waals surface area contributed by atoms with Gasteiger partial charge in [0.05, 0.1) is 11.4 Å². The number of hydrogen-bond acceptors (Lipinski definition) is 2. The molecule has 0 bridgehead atoms. The predicted octanol–water partition coefficient (Wildman–Crippen LogP) is 9.12. The minimum absolute atomic E-state index is 0.725. The molecule has 0 atom stereocenters. The molecule has 2 heteroatoms. The molecule has 1 aromatic heterocycles. The van der Waals surface area contributed by atoms with Crippen LogP contribution < -0.4 is 0 Å². The van der Waals surface area contributed by atoms with Gasteiger partial charge in [-0.15, -0.1) is 0 Å². The minimum atomic E-state index is 0.725. The molecule has 6 rings (SSSR count). The highest BCUT2D eigenvalue weighted by atomic mass is 14.9. The molecule has 0 N–H and O–H groups in total. The van der Waals surface area contributed by atoms with E-state index < -0.39 is 0 Å². The smallest absolute Gasteiger partial charge is 0.160 e. The van der Waals surface area contributed by atoms with Crippen LogP contribution >= 0.6 is 0 Å². The van der Waals surface area contributed by atoms with E-state index in [9.17, 15) is 0 Å². The third-order valence-electron chi connectivity index (χ3n) is 6.57. The molecular weight excluding hydrogens is 448 g/mol. The van der Waals surface area contributed by atoms with Gasteiger partial charge in [-0.05, 0) is 47.4 Å². The van der Waals surface area contributed by atoms with E-state index in [4.69, 9.17) is 9.97 Å². The van der Waals surface area contributed by atoms with Crippen LogP contribution in [0.3, 0.4) is 0 Å². The summed E-state index contributed by atoms with van der Waals surface area (Å²) < 4.78 is 0. The Kier molecular flexibility index (Phi) is 6.14. The van der Waals surface area contributed by atoms with Crippen molar-refractivity contribution in [1.29, 1.82) is 0 Å². The first-order chi connectivity index (χ1) is 18.2. The average molecular weight is 475 g/mol. The Morgan fingerprint density at radius 1 is 0.351 bits per heavy atom. The van der Waals surface area contributed by atoms with Crippen LogP contribution in [0.4, 0.5) is 0 Å². The Labute approximate surface area is 218 Å². The first kappa shape index (κ1) is 22.6. The van der Waals surface area contributed by atoms with Crippen molar-refractivity contribution in [2.75, 3.05) is 0 Å². The van der Waals surface area contributed by atoms with Crippen LogP contribution in [0.5, 0.6) is 0 Å². The number of aryl methyl sites for hydroxylation is 1. The van der Waals surface area contributed by atoms with E-state index in [2.05, 4.69) is 134 Å². The zero-order chi connectivity index (χ0) is 25.0. The van der Waals surface area contributed by atoms with Crippen LogP contribution in [0, 0.1) is 6.92 Å². The summed E-state index contributed by atoms with van der Waals surface area (Å²) in [7, 11) is 0. The molecule has 5 aromatic carbocycles. The molecule has 0 saturated heterocycles. The van der Waals surface area contributed by atoms with Crippen molar-refractivity contribution in [3.8, 4) is 56.2 Å². The summed E-state index contributed by atoms with van der Waals surface area (Å²) in [4.78, 5) is 10.1. The zero-order valence-corrected chi connectivity index (χ0v) is 20.7. The predicted molar refractivity (Wildman–Crippen MR) is 154 cm³/mol. The van der Waals surface area contributed by atoms with E-state index in [0.717, 1.165) is 33.9 Å². The summed E-state index contributed by atoms with van der Waals surface area (Å²) >= 11 is 0. The average Bonchev–Trinajstić information content (AvgIpc) is 2.98. The number of nitrogens with zero attached hydrogens (tertiary/aromatic N) is 2. The fourth-order valence-electron chi connectivity index (χ4n) is 4.55. The first-order valence-electron chi connectivity index (χ1n) is 12.5. The molecule has 0 radical (unpaired) electrons. The molecule has 1 heterocycles. The molecule has 0 fully saturated rings. The van der Waals surface area contributed by atoms with Gasteiger partial charge in [0.15, 0.2) is 5.82 Å². The third-order valence-corrected chi connectivity index (χ3v) is 6.57. The van der Waals surface area contributed by atoms with Gasteiger partial charge in [-0.1, -0.05) is 127 Å². The van der Waals surface area contributed by atoms with E-state index in [1.807, 2.05) is 12.1 Å². The Bertz CT molecular complexity index is 1550. The second-order valence-electron chi connectivity index (χ2n) is 9.22. The van der Waals surface area contributed by atoms with Gasteiger partial charge in [-0.2, -0.15) is 0 Å². The summed E-state index contributed by atoms with van der Waals surface area (Å²) in [6.07, 6.45) is 0. The van der Waals surface area contributed by atoms with Crippen LogP contribution in [0.15, 0.2) is 140 Å². The Morgan fingerprint density at radius 2 is 0.784 bits per heavy atom. The number of benzene rings is 5. The van der Waals surface area contributed by atoms with Crippen LogP contribution in [-0.4, -0.2) is 9.97 Å². The summed E-state index contributed by atoms with van der Waals surface area (Å²) in [6, 6.07) is 48.6. The van der Waals surface area contributed by atoms with Gasteiger partial charge < -0.3 is 0 Å². The van der Waals surface area contributed by atoms with Gasteiger partial charge >= 0.3 is 0 Å². The van der Waals surface area contributed by atoms with E-state index in [1.165, 1.54) is 27.8 Å². The van der Waals surface area contributed by atoms with Crippen molar-refractivity contribution in [1.82, 2.24) is 9.97 Å². The molecule has 176 valence electrons. The third kappa shape index (κ3) is 4.96. The lowest BCUT2D eigenvalue weighted by atomic mass is 9.99. The molecule has 0 aliphatic rings. The molecule has 37 heavy (non-hydrogen) atoms. The molecular formula is C35H26N2. The maximum atomic E-state index is 5.03. The Hall–Kier alpha value is -4.82. The molecule has 0 saturated carbocycles. The van der Waals surface area contributed by atoms with Crippen molar-refractivity contribution < 1.29 is 0 Å². The fraction of sp³-hybridized carbons (Fsp3) is 0.0286. The summed E-state index contributed by atoms with van der Waals surface area (Å²) in [6.45, 7) is 2.09. The molecule has 0 spiro atoms. The van der Waals surface area contributed by atoms with Crippen molar-refractivity contribution in [2.45, 2.75) is 6.92 Å². The topological polar surface area (TPSA) is 25.8 Å². The maximum absolute atomic E-state index is 5.03. The highest BCUT2D eigenvalue weighted by molar-refractivity contribution is 5.77.